The molecule has 3 rings (SSSR count). The average molecular weight is 453 g/mol. The number of aromatic nitrogens is 1. The number of hydrogen-bond donors (Lipinski definition) is 1. The number of carbonyl (C=O) groups is 1. The first-order valence-electron chi connectivity index (χ1n) is 9.01. The Kier molecular flexibility index (Phi) is 6.85. The van der Waals surface area contributed by atoms with Gasteiger partial charge in [-0.1, -0.05) is 53.9 Å². The van der Waals surface area contributed by atoms with Crippen LogP contribution in [0.15, 0.2) is 36.4 Å². The summed E-state index contributed by atoms with van der Waals surface area (Å²) in [6.45, 7) is 1.99. The van der Waals surface area contributed by atoms with E-state index < -0.39 is 0 Å². The number of anilines is 1. The Hall–Kier alpha value is -2.05. The lowest BCUT2D eigenvalue weighted by atomic mass is 10.1. The van der Waals surface area contributed by atoms with E-state index in [9.17, 15) is 4.79 Å². The zero-order valence-corrected chi connectivity index (χ0v) is 18.3. The molecule has 1 aromatic heterocycles. The third kappa shape index (κ3) is 4.43. The molecule has 8 heteroatoms. The predicted molar refractivity (Wildman–Crippen MR) is 119 cm³/mol. The number of halogens is 3. The summed E-state index contributed by atoms with van der Waals surface area (Å²) in [6, 6.07) is 10.8. The van der Waals surface area contributed by atoms with Crippen LogP contribution in [0.3, 0.4) is 0 Å². The van der Waals surface area contributed by atoms with Crippen molar-refractivity contribution in [3.8, 4) is 5.75 Å². The summed E-state index contributed by atoms with van der Waals surface area (Å²) in [7, 11) is 1.61. The van der Waals surface area contributed by atoms with Gasteiger partial charge in [0.1, 0.15) is 17.9 Å². The van der Waals surface area contributed by atoms with Crippen LogP contribution >= 0.6 is 34.8 Å². The van der Waals surface area contributed by atoms with Crippen LogP contribution in [0.1, 0.15) is 18.2 Å². The van der Waals surface area contributed by atoms with Crippen LogP contribution in [-0.2, 0) is 17.8 Å². The molecule has 5 nitrogen and oxygen atoms in total. The zero-order valence-electron chi connectivity index (χ0n) is 16.0. The highest BCUT2D eigenvalue weighted by Crippen LogP contribution is 2.36. The highest BCUT2D eigenvalue weighted by molar-refractivity contribution is 6.38. The molecule has 0 saturated carbocycles. The third-order valence-electron chi connectivity index (χ3n) is 4.62. The molecule has 0 aliphatic heterocycles. The van der Waals surface area contributed by atoms with Gasteiger partial charge in [-0.3, -0.25) is 4.79 Å². The number of rotatable bonds is 6. The predicted octanol–water partition coefficient (Wildman–Crippen LogP) is 5.26. The number of fused-ring (bicyclic) bond motifs is 1. The van der Waals surface area contributed by atoms with E-state index in [-0.39, 0.29) is 19.1 Å². The molecule has 0 aliphatic rings. The number of nitrogens with zero attached hydrogens (tertiary/aromatic N) is 2. The second kappa shape index (κ2) is 9.18. The Morgan fingerprint density at radius 2 is 1.93 bits per heavy atom. The van der Waals surface area contributed by atoms with Crippen LogP contribution in [0.4, 0.5) is 5.69 Å². The van der Waals surface area contributed by atoms with Gasteiger partial charge in [0.05, 0.1) is 22.3 Å². The second-order valence-electron chi connectivity index (χ2n) is 6.41. The summed E-state index contributed by atoms with van der Waals surface area (Å²) < 4.78 is 6.02. The minimum absolute atomic E-state index is 0.102. The van der Waals surface area contributed by atoms with Crippen LogP contribution in [0, 0.1) is 0 Å². The van der Waals surface area contributed by atoms with Crippen molar-refractivity contribution < 1.29 is 9.53 Å². The largest absolute Gasteiger partial charge is 0.487 e. The van der Waals surface area contributed by atoms with Crippen molar-refractivity contribution in [1.82, 2.24) is 4.98 Å². The Morgan fingerprint density at radius 3 is 2.62 bits per heavy atom. The number of aryl methyl sites for hydroxylation is 1. The Morgan fingerprint density at radius 1 is 1.17 bits per heavy atom. The molecule has 0 radical (unpaired) electrons. The fraction of sp³-hybridized carbons (Fsp3) is 0.238. The van der Waals surface area contributed by atoms with Gasteiger partial charge in [-0.2, -0.15) is 0 Å². The molecular formula is C21H20Cl3N3O2. The summed E-state index contributed by atoms with van der Waals surface area (Å²) in [4.78, 5) is 18.0. The van der Waals surface area contributed by atoms with Crippen molar-refractivity contribution in [2.24, 2.45) is 5.73 Å². The minimum atomic E-state index is -0.263. The first kappa shape index (κ1) is 21.7. The van der Waals surface area contributed by atoms with Crippen LogP contribution in [0.25, 0.3) is 10.9 Å². The van der Waals surface area contributed by atoms with Crippen molar-refractivity contribution in [2.75, 3.05) is 18.5 Å². The van der Waals surface area contributed by atoms with Crippen LogP contribution in [-0.4, -0.2) is 24.5 Å². The molecule has 2 N–H and O–H groups in total. The molecule has 0 unspecified atom stereocenters. The van der Waals surface area contributed by atoms with Gasteiger partial charge in [0, 0.05) is 28.7 Å². The van der Waals surface area contributed by atoms with Gasteiger partial charge in [-0.15, -0.1) is 0 Å². The average Bonchev–Trinajstić information content (AvgIpc) is 2.72. The third-order valence-corrected chi connectivity index (χ3v) is 5.70. The SMILES string of the molecule is CCc1cc(Cl)c2cccc(OCc3c(Cl)ccc(N(C)C(=O)CN)c3Cl)c2n1. The maximum atomic E-state index is 11.9. The molecule has 3 aromatic rings. The smallest absolute Gasteiger partial charge is 0.240 e. The molecule has 2 aromatic carbocycles. The number of amides is 1. The summed E-state index contributed by atoms with van der Waals surface area (Å²) in [5.74, 6) is 0.310. The van der Waals surface area contributed by atoms with Crippen molar-refractivity contribution in [3.63, 3.8) is 0 Å². The van der Waals surface area contributed by atoms with Crippen LogP contribution < -0.4 is 15.4 Å². The Labute approximate surface area is 184 Å². The molecule has 0 aliphatic carbocycles. The molecule has 152 valence electrons. The van der Waals surface area contributed by atoms with Crippen molar-refractivity contribution in [2.45, 2.75) is 20.0 Å². The lowest BCUT2D eigenvalue weighted by Gasteiger charge is -2.20. The van der Waals surface area contributed by atoms with Crippen LogP contribution in [0.2, 0.25) is 15.1 Å². The van der Waals surface area contributed by atoms with E-state index in [4.69, 9.17) is 45.3 Å². The normalized spacial score (nSPS) is 11.0. The molecular weight excluding hydrogens is 433 g/mol. The lowest BCUT2D eigenvalue weighted by molar-refractivity contribution is -0.117. The summed E-state index contributed by atoms with van der Waals surface area (Å²) in [6.07, 6.45) is 0.755. The fourth-order valence-corrected chi connectivity index (χ4v) is 3.81. The summed E-state index contributed by atoms with van der Waals surface area (Å²) in [5.41, 5.74) is 8.08. The van der Waals surface area contributed by atoms with Gasteiger partial charge in [0.2, 0.25) is 5.91 Å². The van der Waals surface area contributed by atoms with Gasteiger partial charge in [-0.25, -0.2) is 4.98 Å². The summed E-state index contributed by atoms with van der Waals surface area (Å²) in [5, 5.41) is 2.20. The standard InChI is InChI=1S/C21H20Cl3N3O2/c1-3-12-9-16(23)13-5-4-6-18(21(13)26-12)29-11-14-15(22)7-8-17(20(14)24)27(2)19(28)10-25/h4-9H,3,10-11,25H2,1-2H3. The fourth-order valence-electron chi connectivity index (χ4n) is 2.93. The quantitative estimate of drug-likeness (QED) is 0.554. The zero-order chi connectivity index (χ0) is 21.1. The van der Waals surface area contributed by atoms with Gasteiger partial charge in [0.25, 0.3) is 0 Å². The summed E-state index contributed by atoms with van der Waals surface area (Å²) >= 11 is 19.3. The number of hydrogen-bond acceptors (Lipinski definition) is 4. The first-order chi connectivity index (χ1) is 13.9. The van der Waals surface area contributed by atoms with E-state index in [1.165, 1.54) is 4.90 Å². The van der Waals surface area contributed by atoms with E-state index in [0.717, 1.165) is 17.5 Å². The highest BCUT2D eigenvalue weighted by atomic mass is 35.5. The van der Waals surface area contributed by atoms with E-state index in [1.807, 2.05) is 31.2 Å². The number of benzene rings is 2. The minimum Gasteiger partial charge on any atom is -0.487 e. The number of para-hydroxylation sites is 1. The van der Waals surface area contributed by atoms with Crippen molar-refractivity contribution >= 4 is 57.3 Å². The molecule has 0 atom stereocenters. The Balaban J connectivity index is 1.96. The monoisotopic (exact) mass is 451 g/mol. The number of pyridine rings is 1. The molecule has 1 heterocycles. The maximum absolute atomic E-state index is 11.9. The molecule has 29 heavy (non-hydrogen) atoms. The topological polar surface area (TPSA) is 68.5 Å². The van der Waals surface area contributed by atoms with E-state index >= 15 is 0 Å². The van der Waals surface area contributed by atoms with E-state index in [0.29, 0.717) is 37.6 Å². The molecule has 0 spiro atoms. The molecule has 0 bridgehead atoms. The number of carbonyl (C=O) groups excluding carboxylic acids is 1. The Bertz CT molecular complexity index is 1070. The van der Waals surface area contributed by atoms with Crippen LogP contribution in [0.5, 0.6) is 5.75 Å². The second-order valence-corrected chi connectivity index (χ2v) is 7.60. The van der Waals surface area contributed by atoms with Crippen molar-refractivity contribution in [1.29, 1.82) is 0 Å². The molecule has 1 amide bonds. The van der Waals surface area contributed by atoms with E-state index in [1.54, 1.807) is 19.2 Å². The van der Waals surface area contributed by atoms with E-state index in [2.05, 4.69) is 4.98 Å². The number of ether oxygens (including phenoxy) is 1. The van der Waals surface area contributed by atoms with Gasteiger partial charge in [-0.05, 0) is 30.7 Å². The first-order valence-corrected chi connectivity index (χ1v) is 10.1. The maximum Gasteiger partial charge on any atom is 0.240 e. The number of nitrogens with two attached hydrogens (primary N) is 1. The number of likely N-dealkylation sites (N-methyl/N-ethyl adjacent to an activating group) is 1. The lowest BCUT2D eigenvalue weighted by Crippen LogP contribution is -2.32. The van der Waals surface area contributed by atoms with Gasteiger partial charge in [0.15, 0.2) is 0 Å². The van der Waals surface area contributed by atoms with Crippen molar-refractivity contribution in [3.05, 3.63) is 62.7 Å². The van der Waals surface area contributed by atoms with Gasteiger partial charge >= 0.3 is 0 Å². The van der Waals surface area contributed by atoms with Gasteiger partial charge < -0.3 is 15.4 Å². The molecule has 0 fully saturated rings. The highest BCUT2D eigenvalue weighted by Gasteiger charge is 2.18. The molecule has 0 saturated heterocycles.